The number of amides is 1. The molecule has 3 saturated heterocycles. The molecule has 4 N–H and O–H groups in total. The van der Waals surface area contributed by atoms with Crippen molar-refractivity contribution in [1.82, 2.24) is 10.2 Å². The van der Waals surface area contributed by atoms with Crippen LogP contribution in [0.4, 0.5) is 0 Å². The molecule has 9 atom stereocenters. The van der Waals surface area contributed by atoms with Gasteiger partial charge in [-0.05, 0) is 19.2 Å². The summed E-state index contributed by atoms with van der Waals surface area (Å²) in [5.41, 5.74) is -3.04. The first-order valence-corrected chi connectivity index (χ1v) is 18.0. The number of aromatic hydroxyl groups is 2. The number of hydrogen-bond acceptors (Lipinski definition) is 14. The van der Waals surface area contributed by atoms with Gasteiger partial charge in [-0.2, -0.15) is 11.8 Å². The maximum absolute atomic E-state index is 14.0. The Bertz CT molecular complexity index is 1720. The lowest BCUT2D eigenvalue weighted by atomic mass is 9.72. The van der Waals surface area contributed by atoms with Gasteiger partial charge in [0.2, 0.25) is 5.78 Å². The first-order valence-electron chi connectivity index (χ1n) is 16.7. The third-order valence-corrected chi connectivity index (χ3v) is 11.5. The van der Waals surface area contributed by atoms with Crippen LogP contribution in [0.1, 0.15) is 75.8 Å². The van der Waals surface area contributed by atoms with Crippen molar-refractivity contribution < 1.29 is 58.1 Å². The van der Waals surface area contributed by atoms with E-state index in [4.69, 9.17) is 28.4 Å². The number of phenols is 2. The fourth-order valence-electron chi connectivity index (χ4n) is 7.99. The summed E-state index contributed by atoms with van der Waals surface area (Å²) in [5, 5.41) is 38.5. The SMILES string of the molecule is COc1cccc2c1C(=O)c1c(O)c3c(c(O)c1C2=O)C[C@@](O)(C(=O)NCC(C)SC)C[C@@H]3O[C@H]1C[C@H]2[C@H](O[C@@H]3[C@@H](OC)OCCN32)[C@H](C)O1. The summed E-state index contributed by atoms with van der Waals surface area (Å²) in [6, 6.07) is 4.37. The summed E-state index contributed by atoms with van der Waals surface area (Å²) in [4.78, 5) is 43.7. The molecule has 0 saturated carbocycles. The van der Waals surface area contributed by atoms with E-state index in [1.54, 1.807) is 24.9 Å². The Hall–Kier alpha value is -3.28. The first-order chi connectivity index (χ1) is 23.9. The predicted octanol–water partition coefficient (Wildman–Crippen LogP) is 2.02. The molecule has 15 heteroatoms. The minimum Gasteiger partial charge on any atom is -0.507 e. The van der Waals surface area contributed by atoms with E-state index in [9.17, 15) is 29.7 Å². The van der Waals surface area contributed by atoms with Crippen molar-refractivity contribution >= 4 is 29.2 Å². The number of nitrogens with zero attached hydrogens (tertiary/aromatic N) is 1. The van der Waals surface area contributed by atoms with E-state index in [2.05, 4.69) is 10.2 Å². The van der Waals surface area contributed by atoms with Crippen molar-refractivity contribution in [3.63, 3.8) is 0 Å². The number of thioether (sulfide) groups is 1. The standard InChI is InChI=1S/C35H42N2O12S/c1-15(50-5)14-36-34(42)35(43)12-18-24(30(41)26-25(28(18)39)27(38)17-7-6-8-20(44-3)23(17)29(26)40)21(13-35)48-22-11-19-31(16(2)47-22)49-32-33(45-4)46-10-9-37(19)32/h6-8,15-16,19,21-22,31-33,39,41,43H,9-14H2,1-5H3,(H,36,42)/t15?,16-,19-,21-,22-,31+,32+,33-,35-/m0/s1. The largest absolute Gasteiger partial charge is 0.507 e. The Morgan fingerprint density at radius 3 is 2.62 bits per heavy atom. The molecule has 0 radical (unpaired) electrons. The van der Waals surface area contributed by atoms with Crippen LogP contribution in [0.2, 0.25) is 0 Å². The molecule has 5 aliphatic rings. The summed E-state index contributed by atoms with van der Waals surface area (Å²) in [7, 11) is 2.92. The van der Waals surface area contributed by atoms with Crippen LogP contribution in [0.15, 0.2) is 18.2 Å². The molecule has 2 aromatic rings. The molecule has 270 valence electrons. The van der Waals surface area contributed by atoms with E-state index in [0.29, 0.717) is 19.6 Å². The lowest BCUT2D eigenvalue weighted by molar-refractivity contribution is -0.256. The van der Waals surface area contributed by atoms with Gasteiger partial charge in [0.1, 0.15) is 29.0 Å². The van der Waals surface area contributed by atoms with Gasteiger partial charge in [0, 0.05) is 67.4 Å². The maximum atomic E-state index is 14.0. The lowest BCUT2D eigenvalue weighted by Crippen LogP contribution is -2.55. The smallest absolute Gasteiger partial charge is 0.252 e. The van der Waals surface area contributed by atoms with Crippen LogP contribution in [0.5, 0.6) is 17.2 Å². The number of rotatable bonds is 8. The van der Waals surface area contributed by atoms with Gasteiger partial charge in [-0.1, -0.05) is 19.1 Å². The molecule has 7 rings (SSSR count). The van der Waals surface area contributed by atoms with Gasteiger partial charge in [-0.25, -0.2) is 0 Å². The molecular weight excluding hydrogens is 672 g/mol. The number of methoxy groups -OCH3 is 2. The minimum absolute atomic E-state index is 0.000416. The third kappa shape index (κ3) is 5.58. The molecule has 0 aromatic heterocycles. The Labute approximate surface area is 293 Å². The number of carbonyl (C=O) groups is 3. The molecule has 1 unspecified atom stereocenters. The maximum Gasteiger partial charge on any atom is 0.252 e. The van der Waals surface area contributed by atoms with Crippen LogP contribution >= 0.6 is 11.8 Å². The summed E-state index contributed by atoms with van der Waals surface area (Å²) in [6.07, 6.45) is -2.50. The van der Waals surface area contributed by atoms with Crippen molar-refractivity contribution in [1.29, 1.82) is 0 Å². The van der Waals surface area contributed by atoms with Crippen molar-refractivity contribution in [3.05, 3.63) is 51.6 Å². The van der Waals surface area contributed by atoms with Crippen LogP contribution in [-0.4, -0.2) is 126 Å². The number of phenolic OH excluding ortho intramolecular Hbond substituents is 2. The molecule has 3 fully saturated rings. The van der Waals surface area contributed by atoms with Crippen LogP contribution in [0.3, 0.4) is 0 Å². The van der Waals surface area contributed by atoms with Crippen LogP contribution in [0.25, 0.3) is 0 Å². The number of nitrogens with one attached hydrogen (secondary N) is 1. The molecule has 2 aromatic carbocycles. The second-order valence-electron chi connectivity index (χ2n) is 13.5. The van der Waals surface area contributed by atoms with Gasteiger partial charge < -0.3 is 49.1 Å². The van der Waals surface area contributed by atoms with E-state index in [0.717, 1.165) is 0 Å². The monoisotopic (exact) mass is 714 g/mol. The number of fused-ring (bicyclic) bond motifs is 6. The van der Waals surface area contributed by atoms with Gasteiger partial charge in [0.25, 0.3) is 5.91 Å². The zero-order valence-corrected chi connectivity index (χ0v) is 29.3. The summed E-state index contributed by atoms with van der Waals surface area (Å²) in [6.45, 7) is 5.08. The van der Waals surface area contributed by atoms with E-state index >= 15 is 0 Å². The molecule has 0 bridgehead atoms. The van der Waals surface area contributed by atoms with E-state index in [-0.39, 0.29) is 58.4 Å². The zero-order chi connectivity index (χ0) is 35.6. The predicted molar refractivity (Wildman–Crippen MR) is 178 cm³/mol. The second-order valence-corrected chi connectivity index (χ2v) is 14.7. The Balaban J connectivity index is 1.29. The Morgan fingerprint density at radius 2 is 1.90 bits per heavy atom. The summed E-state index contributed by atoms with van der Waals surface area (Å²) >= 11 is 1.54. The van der Waals surface area contributed by atoms with E-state index in [1.165, 1.54) is 19.2 Å². The molecular formula is C35H42N2O12S. The number of aliphatic hydroxyl groups is 1. The fourth-order valence-corrected chi connectivity index (χ4v) is 8.24. The second kappa shape index (κ2) is 13.4. The van der Waals surface area contributed by atoms with Crippen LogP contribution in [0, 0.1) is 0 Å². The number of ketones is 2. The molecule has 2 aliphatic carbocycles. The van der Waals surface area contributed by atoms with Gasteiger partial charge in [0.15, 0.2) is 24.6 Å². The number of carbonyl (C=O) groups excluding carboxylic acids is 3. The third-order valence-electron chi connectivity index (χ3n) is 10.6. The topological polar surface area (TPSA) is 183 Å². The molecule has 0 spiro atoms. The Morgan fingerprint density at radius 1 is 1.14 bits per heavy atom. The lowest BCUT2D eigenvalue weighted by Gasteiger charge is -2.43. The quantitative estimate of drug-likeness (QED) is 0.249. The minimum atomic E-state index is -2.11. The van der Waals surface area contributed by atoms with Gasteiger partial charge in [-0.3, -0.25) is 19.3 Å². The number of hydrogen-bond donors (Lipinski definition) is 4. The van der Waals surface area contributed by atoms with Crippen molar-refractivity contribution in [3.8, 4) is 17.2 Å². The number of benzene rings is 2. The molecule has 3 heterocycles. The normalized spacial score (nSPS) is 32.3. The van der Waals surface area contributed by atoms with Gasteiger partial charge in [0.05, 0.1) is 42.6 Å². The van der Waals surface area contributed by atoms with Gasteiger partial charge in [-0.15, -0.1) is 0 Å². The highest BCUT2D eigenvalue weighted by atomic mass is 32.2. The first kappa shape index (κ1) is 35.1. The van der Waals surface area contributed by atoms with E-state index < -0.39 is 83.1 Å². The average molecular weight is 715 g/mol. The zero-order valence-electron chi connectivity index (χ0n) is 28.5. The van der Waals surface area contributed by atoms with Gasteiger partial charge >= 0.3 is 0 Å². The molecule has 1 amide bonds. The molecule has 50 heavy (non-hydrogen) atoms. The van der Waals surface area contributed by atoms with Crippen molar-refractivity contribution in [2.24, 2.45) is 0 Å². The van der Waals surface area contributed by atoms with E-state index in [1.807, 2.05) is 20.1 Å². The molecule has 14 nitrogen and oxygen atoms in total. The highest BCUT2D eigenvalue weighted by Gasteiger charge is 2.55. The highest BCUT2D eigenvalue weighted by Crippen LogP contribution is 2.53. The van der Waals surface area contributed by atoms with Crippen LogP contribution in [-0.2, 0) is 34.9 Å². The Kier molecular flexibility index (Phi) is 9.39. The number of ether oxygens (including phenoxy) is 6. The summed E-state index contributed by atoms with van der Waals surface area (Å²) < 4.78 is 35.8. The molecule has 3 aliphatic heterocycles. The average Bonchev–Trinajstić information content (AvgIpc) is 3.49. The highest BCUT2D eigenvalue weighted by molar-refractivity contribution is 7.99. The van der Waals surface area contributed by atoms with Crippen molar-refractivity contribution in [2.75, 3.05) is 40.2 Å². The summed E-state index contributed by atoms with van der Waals surface area (Å²) in [5.74, 6) is -3.17. The fraction of sp³-hybridized carbons (Fsp3) is 0.571. The van der Waals surface area contributed by atoms with Crippen molar-refractivity contribution in [2.45, 2.75) is 87.1 Å². The number of morpholine rings is 1. The van der Waals surface area contributed by atoms with Crippen LogP contribution < -0.4 is 10.1 Å².